The lowest BCUT2D eigenvalue weighted by molar-refractivity contribution is -0.137. The number of carbonyl (C=O) groups is 3. The molecule has 36 heavy (non-hydrogen) atoms. The van der Waals surface area contributed by atoms with Crippen LogP contribution in [0.4, 0.5) is 0 Å². The summed E-state index contributed by atoms with van der Waals surface area (Å²) in [6.07, 6.45) is 8.68. The Hall–Kier alpha value is -4.19. The molecule has 0 heterocycles. The molecule has 6 nitrogen and oxygen atoms in total. The zero-order valence-corrected chi connectivity index (χ0v) is 21.4. The van der Waals surface area contributed by atoms with E-state index in [2.05, 4.69) is 40.2 Å². The van der Waals surface area contributed by atoms with E-state index < -0.39 is 17.9 Å². The summed E-state index contributed by atoms with van der Waals surface area (Å²) in [5.74, 6) is -1.94. The largest absolute Gasteiger partial charge is 0.481 e. The Balaban J connectivity index is -0.000000388. The average Bonchev–Trinajstić information content (AvgIpc) is 2.88. The first-order chi connectivity index (χ1) is 17.0. The van der Waals surface area contributed by atoms with Gasteiger partial charge in [-0.25, -0.2) is 9.59 Å². The average molecular weight is 497 g/mol. The molecule has 0 aliphatic heterocycles. The minimum absolute atomic E-state index is 0.326. The zero-order chi connectivity index (χ0) is 28.2. The lowest BCUT2D eigenvalue weighted by atomic mass is 10.1. The highest BCUT2D eigenvalue weighted by Gasteiger charge is 1.97. The first-order valence-electron chi connectivity index (χ1n) is 11.3. The summed E-state index contributed by atoms with van der Waals surface area (Å²) in [5.41, 5.74) is 2.35. The van der Waals surface area contributed by atoms with E-state index in [0.717, 1.165) is 31.4 Å². The maximum Gasteiger partial charge on any atom is 0.327 e. The smallest absolute Gasteiger partial charge is 0.327 e. The monoisotopic (exact) mass is 496 g/mol. The molecule has 0 fully saturated rings. The van der Waals surface area contributed by atoms with Crippen LogP contribution in [0.2, 0.25) is 0 Å². The summed E-state index contributed by atoms with van der Waals surface area (Å²) in [6, 6.07) is 20.1. The number of hydrogen-bond acceptors (Lipinski definition) is 3. The summed E-state index contributed by atoms with van der Waals surface area (Å²) in [6.45, 7) is 17.5. The van der Waals surface area contributed by atoms with Gasteiger partial charge in [-0.15, -0.1) is 0 Å². The van der Waals surface area contributed by atoms with Gasteiger partial charge in [-0.05, 0) is 23.5 Å². The van der Waals surface area contributed by atoms with Gasteiger partial charge in [-0.3, -0.25) is 4.79 Å². The molecular weight excluding hydrogens is 456 g/mol. The molecule has 2 aromatic rings. The van der Waals surface area contributed by atoms with E-state index in [1.807, 2.05) is 72.8 Å². The van der Waals surface area contributed by atoms with E-state index in [9.17, 15) is 14.4 Å². The summed E-state index contributed by atoms with van der Waals surface area (Å²) < 4.78 is 0. The number of carboxylic acids is 3. The fraction of sp³-hybridized carbons (Fsp3) is 0.233. The lowest BCUT2D eigenvalue weighted by Crippen LogP contribution is -1.94. The highest BCUT2D eigenvalue weighted by Crippen LogP contribution is 2.07. The Labute approximate surface area is 215 Å². The molecule has 0 saturated heterocycles. The summed E-state index contributed by atoms with van der Waals surface area (Å²) >= 11 is 0. The SMILES string of the molecule is C=CC(=O)O.C=CC(=O)O.C=Cc1ccccc1.C=Cc1ccccc1.CC(C)CCCCC(=O)O. The summed E-state index contributed by atoms with van der Waals surface area (Å²) in [4.78, 5) is 28.5. The van der Waals surface area contributed by atoms with Crippen molar-refractivity contribution in [2.24, 2.45) is 5.92 Å². The molecule has 0 atom stereocenters. The van der Waals surface area contributed by atoms with Gasteiger partial charge in [0.1, 0.15) is 0 Å². The molecule has 196 valence electrons. The molecule has 6 heteroatoms. The van der Waals surface area contributed by atoms with Crippen LogP contribution in [0.15, 0.2) is 99.1 Å². The van der Waals surface area contributed by atoms with E-state index in [1.165, 1.54) is 11.1 Å². The number of rotatable bonds is 9. The van der Waals surface area contributed by atoms with Crippen molar-refractivity contribution < 1.29 is 29.7 Å². The standard InChI is InChI=1S/C8H16O2.2C8H8.2C3H4O2/c1-7(2)5-3-4-6-8(9)10;2*1-2-8-6-4-3-5-7-8;2*1-2-3(4)5/h7H,3-6H2,1-2H3,(H,9,10);2*2-7H,1H2;2*2H,1H2,(H,4,5). The van der Waals surface area contributed by atoms with E-state index in [1.54, 1.807) is 0 Å². The van der Waals surface area contributed by atoms with Crippen molar-refractivity contribution in [2.75, 3.05) is 0 Å². The fourth-order valence-corrected chi connectivity index (χ4v) is 2.01. The predicted molar refractivity (Wildman–Crippen MR) is 150 cm³/mol. The third kappa shape index (κ3) is 34.4. The molecule has 0 saturated carbocycles. The van der Waals surface area contributed by atoms with E-state index in [-0.39, 0.29) is 0 Å². The van der Waals surface area contributed by atoms with Crippen molar-refractivity contribution in [3.8, 4) is 0 Å². The number of hydrogen-bond donors (Lipinski definition) is 3. The molecule has 0 unspecified atom stereocenters. The van der Waals surface area contributed by atoms with Crippen molar-refractivity contribution in [3.05, 3.63) is 110 Å². The van der Waals surface area contributed by atoms with Gasteiger partial charge >= 0.3 is 17.9 Å². The first kappa shape index (κ1) is 36.4. The van der Waals surface area contributed by atoms with E-state index in [0.29, 0.717) is 12.3 Å². The maximum absolute atomic E-state index is 10.0. The van der Waals surface area contributed by atoms with Crippen LogP contribution in [0.3, 0.4) is 0 Å². The number of carboxylic acid groups (broad SMARTS) is 3. The Kier molecular flexibility index (Phi) is 27.3. The molecule has 0 spiro atoms. The Morgan fingerprint density at radius 1 is 0.694 bits per heavy atom. The number of benzene rings is 2. The third-order valence-electron chi connectivity index (χ3n) is 3.84. The topological polar surface area (TPSA) is 112 Å². The molecule has 0 aromatic heterocycles. The van der Waals surface area contributed by atoms with Gasteiger partial charge in [-0.2, -0.15) is 0 Å². The maximum atomic E-state index is 10.0. The fourth-order valence-electron chi connectivity index (χ4n) is 2.01. The second-order valence-electron chi connectivity index (χ2n) is 7.35. The molecule has 2 rings (SSSR count). The van der Waals surface area contributed by atoms with Gasteiger partial charge in [-0.1, -0.05) is 126 Å². The Bertz CT molecular complexity index is 809. The van der Waals surface area contributed by atoms with Gasteiger partial charge in [0.05, 0.1) is 0 Å². The van der Waals surface area contributed by atoms with Gasteiger partial charge in [0.25, 0.3) is 0 Å². The second kappa shape index (κ2) is 27.1. The lowest BCUT2D eigenvalue weighted by Gasteiger charge is -2.01. The van der Waals surface area contributed by atoms with Gasteiger partial charge < -0.3 is 15.3 Å². The quantitative estimate of drug-likeness (QED) is 0.245. The van der Waals surface area contributed by atoms with Crippen molar-refractivity contribution in [3.63, 3.8) is 0 Å². The second-order valence-corrected chi connectivity index (χ2v) is 7.35. The van der Waals surface area contributed by atoms with Crippen LogP contribution in [-0.2, 0) is 14.4 Å². The van der Waals surface area contributed by atoms with Crippen molar-refractivity contribution in [1.29, 1.82) is 0 Å². The van der Waals surface area contributed by atoms with Gasteiger partial charge in [0, 0.05) is 18.6 Å². The van der Waals surface area contributed by atoms with Crippen LogP contribution in [0.25, 0.3) is 12.2 Å². The molecule has 0 radical (unpaired) electrons. The van der Waals surface area contributed by atoms with Crippen molar-refractivity contribution in [1.82, 2.24) is 0 Å². The van der Waals surface area contributed by atoms with Crippen molar-refractivity contribution in [2.45, 2.75) is 39.5 Å². The van der Waals surface area contributed by atoms with Gasteiger partial charge in [0.2, 0.25) is 0 Å². The van der Waals surface area contributed by atoms with Gasteiger partial charge in [0.15, 0.2) is 0 Å². The van der Waals surface area contributed by atoms with Crippen LogP contribution >= 0.6 is 0 Å². The van der Waals surface area contributed by atoms with E-state index in [4.69, 9.17) is 15.3 Å². The van der Waals surface area contributed by atoms with Crippen LogP contribution in [-0.4, -0.2) is 33.2 Å². The normalized spacial score (nSPS) is 8.42. The van der Waals surface area contributed by atoms with Crippen molar-refractivity contribution >= 4 is 30.1 Å². The predicted octanol–water partition coefficient (Wildman–Crippen LogP) is 7.46. The summed E-state index contributed by atoms with van der Waals surface area (Å²) in [7, 11) is 0. The van der Waals surface area contributed by atoms with Crippen LogP contribution < -0.4 is 0 Å². The summed E-state index contributed by atoms with van der Waals surface area (Å²) in [5, 5.41) is 23.5. The Morgan fingerprint density at radius 2 is 1.03 bits per heavy atom. The molecule has 0 bridgehead atoms. The Morgan fingerprint density at radius 3 is 1.22 bits per heavy atom. The number of aliphatic carboxylic acids is 3. The highest BCUT2D eigenvalue weighted by molar-refractivity contribution is 5.79. The minimum atomic E-state index is -0.981. The van der Waals surface area contributed by atoms with E-state index >= 15 is 0 Å². The zero-order valence-electron chi connectivity index (χ0n) is 21.4. The van der Waals surface area contributed by atoms with Crippen LogP contribution in [0.5, 0.6) is 0 Å². The molecule has 0 aliphatic carbocycles. The molecule has 0 amide bonds. The number of unbranched alkanes of at least 4 members (excludes halogenated alkanes) is 1. The minimum Gasteiger partial charge on any atom is -0.481 e. The molecule has 3 N–H and O–H groups in total. The first-order valence-corrected chi connectivity index (χ1v) is 11.3. The molecular formula is C30H40O6. The highest BCUT2D eigenvalue weighted by atomic mass is 16.4. The molecule has 2 aromatic carbocycles. The molecule has 0 aliphatic rings. The third-order valence-corrected chi connectivity index (χ3v) is 3.84. The van der Waals surface area contributed by atoms with Crippen LogP contribution in [0, 0.1) is 5.92 Å². The van der Waals surface area contributed by atoms with Crippen LogP contribution in [0.1, 0.15) is 50.7 Å².